The lowest BCUT2D eigenvalue weighted by Gasteiger charge is -2.29. The van der Waals surface area contributed by atoms with Gasteiger partial charge in [-0.2, -0.15) is 0 Å². The standard InChI is InChI=1S/C19H25N5O5/c1-28-13-3-4-16(29-2)15(11-13)24-18(26)14(17(25)22-19(24)27)12-21-7-10-23-8-5-20-6-9-23/h3-4,11-12,14,20H,5-10H2,1-2H3,(H,22,25,27)/p+2/t14-/m1/s1. The molecule has 3 rings (SSSR count). The molecular formula is C19H27N5O5+2. The molecule has 156 valence electrons. The average Bonchev–Trinajstić information content (AvgIpc) is 2.73. The van der Waals surface area contributed by atoms with E-state index >= 15 is 0 Å². The summed E-state index contributed by atoms with van der Waals surface area (Å²) >= 11 is 0. The first-order chi connectivity index (χ1) is 14.0. The van der Waals surface area contributed by atoms with Gasteiger partial charge in [-0.25, -0.2) is 9.69 Å². The van der Waals surface area contributed by atoms with E-state index in [1.54, 1.807) is 12.1 Å². The molecule has 4 amide bonds. The summed E-state index contributed by atoms with van der Waals surface area (Å²) in [6.45, 7) is 5.72. The zero-order valence-corrected chi connectivity index (χ0v) is 16.6. The number of carbonyl (C=O) groups is 3. The van der Waals surface area contributed by atoms with Crippen molar-refractivity contribution in [2.45, 2.75) is 0 Å². The Kier molecular flexibility index (Phi) is 6.78. The molecule has 0 unspecified atom stereocenters. The molecule has 0 spiro atoms. The number of nitrogens with zero attached hydrogens (tertiary/aromatic N) is 2. The van der Waals surface area contributed by atoms with Gasteiger partial charge in [-0.15, -0.1) is 0 Å². The maximum atomic E-state index is 13.0. The quantitative estimate of drug-likeness (QED) is 0.341. The number of amides is 4. The van der Waals surface area contributed by atoms with E-state index in [1.165, 1.54) is 31.4 Å². The Morgan fingerprint density at radius 1 is 1.24 bits per heavy atom. The number of rotatable bonds is 7. The fourth-order valence-corrected chi connectivity index (χ4v) is 3.46. The van der Waals surface area contributed by atoms with Gasteiger partial charge in [0.1, 0.15) is 37.7 Å². The van der Waals surface area contributed by atoms with Gasteiger partial charge in [-0.3, -0.25) is 19.9 Å². The summed E-state index contributed by atoms with van der Waals surface area (Å²) in [5.74, 6) is -1.76. The highest BCUT2D eigenvalue weighted by Gasteiger charge is 2.41. The summed E-state index contributed by atoms with van der Waals surface area (Å²) in [7, 11) is 2.91. The third kappa shape index (κ3) is 4.72. The molecule has 29 heavy (non-hydrogen) atoms. The molecule has 0 saturated carbocycles. The monoisotopic (exact) mass is 405 g/mol. The molecule has 1 atom stereocenters. The van der Waals surface area contributed by atoms with Crippen LogP contribution in [0.25, 0.3) is 0 Å². The number of quaternary nitrogens is 2. The van der Waals surface area contributed by atoms with Gasteiger partial charge in [-0.1, -0.05) is 0 Å². The van der Waals surface area contributed by atoms with Crippen molar-refractivity contribution < 1.29 is 34.1 Å². The van der Waals surface area contributed by atoms with Gasteiger partial charge in [-0.05, 0) is 12.1 Å². The van der Waals surface area contributed by atoms with Crippen LogP contribution >= 0.6 is 0 Å². The summed E-state index contributed by atoms with van der Waals surface area (Å²) in [5, 5.41) is 4.51. The number of nitrogens with one attached hydrogen (secondary N) is 2. The van der Waals surface area contributed by atoms with Gasteiger partial charge in [0, 0.05) is 12.3 Å². The van der Waals surface area contributed by atoms with E-state index in [0.717, 1.165) is 37.6 Å². The van der Waals surface area contributed by atoms with Crippen LogP contribution in [0.5, 0.6) is 11.5 Å². The van der Waals surface area contributed by atoms with E-state index in [-0.39, 0.29) is 5.69 Å². The molecule has 0 radical (unpaired) electrons. The first kappa shape index (κ1) is 20.7. The number of aliphatic imine (C=N–C) groups is 1. The van der Waals surface area contributed by atoms with Crippen molar-refractivity contribution in [3.63, 3.8) is 0 Å². The number of urea groups is 1. The second-order valence-corrected chi connectivity index (χ2v) is 6.90. The second kappa shape index (κ2) is 9.48. The molecule has 1 aromatic carbocycles. The van der Waals surface area contributed by atoms with Crippen molar-refractivity contribution in [3.05, 3.63) is 18.2 Å². The zero-order chi connectivity index (χ0) is 20.8. The highest BCUT2D eigenvalue weighted by molar-refractivity contribution is 6.33. The molecule has 0 aliphatic carbocycles. The van der Waals surface area contributed by atoms with Crippen LogP contribution in [0.15, 0.2) is 23.2 Å². The normalized spacial score (nSPS) is 20.8. The number of carbonyl (C=O) groups excluding carboxylic acids is 3. The van der Waals surface area contributed by atoms with Crippen molar-refractivity contribution in [3.8, 4) is 11.5 Å². The van der Waals surface area contributed by atoms with E-state index in [2.05, 4.69) is 15.6 Å². The molecule has 2 saturated heterocycles. The van der Waals surface area contributed by atoms with Gasteiger partial charge in [0.25, 0.3) is 5.91 Å². The van der Waals surface area contributed by atoms with Crippen LogP contribution in [0.2, 0.25) is 0 Å². The number of methoxy groups -OCH3 is 2. The van der Waals surface area contributed by atoms with Crippen LogP contribution in [0.1, 0.15) is 0 Å². The minimum absolute atomic E-state index is 0.203. The number of benzene rings is 1. The number of hydrogen-bond acceptors (Lipinski definition) is 6. The van der Waals surface area contributed by atoms with E-state index in [1.807, 2.05) is 0 Å². The van der Waals surface area contributed by atoms with Crippen LogP contribution in [0.4, 0.5) is 10.5 Å². The van der Waals surface area contributed by atoms with Crippen LogP contribution in [0.3, 0.4) is 0 Å². The van der Waals surface area contributed by atoms with Gasteiger partial charge in [0.05, 0.1) is 33.0 Å². The maximum Gasteiger partial charge on any atom is 0.335 e. The first-order valence-electron chi connectivity index (χ1n) is 9.61. The second-order valence-electron chi connectivity index (χ2n) is 6.90. The Labute approximate surface area is 168 Å². The predicted octanol–water partition coefficient (Wildman–Crippen LogP) is -2.56. The molecular weight excluding hydrogens is 378 g/mol. The molecule has 0 bridgehead atoms. The number of anilines is 1. The third-order valence-electron chi connectivity index (χ3n) is 5.08. The molecule has 1 aromatic rings. The van der Waals surface area contributed by atoms with Crippen molar-refractivity contribution in [2.75, 3.05) is 58.4 Å². The Balaban J connectivity index is 1.75. The predicted molar refractivity (Wildman–Crippen MR) is 105 cm³/mol. The van der Waals surface area contributed by atoms with Crippen LogP contribution < -0.4 is 29.9 Å². The molecule has 10 heteroatoms. The van der Waals surface area contributed by atoms with Gasteiger partial charge in [0.15, 0.2) is 5.92 Å². The number of piperazine rings is 1. The summed E-state index contributed by atoms with van der Waals surface area (Å²) in [4.78, 5) is 44.2. The minimum Gasteiger partial charge on any atom is -0.497 e. The minimum atomic E-state index is -1.17. The number of barbiturate groups is 1. The number of nitrogens with two attached hydrogens (primary N) is 1. The number of ether oxygens (including phenoxy) is 2. The van der Waals surface area contributed by atoms with Gasteiger partial charge >= 0.3 is 6.03 Å². The van der Waals surface area contributed by atoms with Crippen molar-refractivity contribution in [2.24, 2.45) is 10.9 Å². The highest BCUT2D eigenvalue weighted by Crippen LogP contribution is 2.34. The highest BCUT2D eigenvalue weighted by atomic mass is 16.5. The Morgan fingerprint density at radius 3 is 2.69 bits per heavy atom. The molecule has 2 heterocycles. The fourth-order valence-electron chi connectivity index (χ4n) is 3.46. The lowest BCUT2D eigenvalue weighted by atomic mass is 10.1. The van der Waals surface area contributed by atoms with Gasteiger partial charge < -0.3 is 19.7 Å². The number of imide groups is 2. The average molecular weight is 405 g/mol. The van der Waals surface area contributed by atoms with E-state index in [9.17, 15) is 14.4 Å². The summed E-state index contributed by atoms with van der Waals surface area (Å²) in [5.41, 5.74) is 0.203. The van der Waals surface area contributed by atoms with Gasteiger partial charge in [0.2, 0.25) is 5.91 Å². The Bertz CT molecular complexity index is 806. The first-order valence-corrected chi connectivity index (χ1v) is 9.61. The van der Waals surface area contributed by atoms with Crippen LogP contribution in [0, 0.1) is 5.92 Å². The van der Waals surface area contributed by atoms with Crippen molar-refractivity contribution in [1.29, 1.82) is 0 Å². The molecule has 10 nitrogen and oxygen atoms in total. The van der Waals surface area contributed by atoms with Crippen LogP contribution in [-0.2, 0) is 9.59 Å². The summed E-state index contributed by atoms with van der Waals surface area (Å²) < 4.78 is 10.4. The third-order valence-corrected chi connectivity index (χ3v) is 5.08. The zero-order valence-electron chi connectivity index (χ0n) is 16.6. The molecule has 2 aliphatic rings. The fraction of sp³-hybridized carbons (Fsp3) is 0.474. The topological polar surface area (TPSA) is 118 Å². The maximum absolute atomic E-state index is 13.0. The molecule has 4 N–H and O–H groups in total. The molecule has 2 aliphatic heterocycles. The Hall–Kier alpha value is -2.98. The largest absolute Gasteiger partial charge is 0.497 e. The van der Waals surface area contributed by atoms with Crippen molar-refractivity contribution in [1.82, 2.24) is 5.32 Å². The number of hydrogen-bond donors (Lipinski definition) is 3. The van der Waals surface area contributed by atoms with E-state index in [0.29, 0.717) is 18.0 Å². The lowest BCUT2D eigenvalue weighted by Crippen LogP contribution is -3.20. The van der Waals surface area contributed by atoms with E-state index < -0.39 is 23.8 Å². The summed E-state index contributed by atoms with van der Waals surface area (Å²) in [6.07, 6.45) is 1.33. The van der Waals surface area contributed by atoms with Crippen LogP contribution in [-0.4, -0.2) is 77.5 Å². The lowest BCUT2D eigenvalue weighted by molar-refractivity contribution is -0.945. The van der Waals surface area contributed by atoms with E-state index in [4.69, 9.17) is 9.47 Å². The smallest absolute Gasteiger partial charge is 0.335 e. The molecule has 2 fully saturated rings. The molecule has 0 aromatic heterocycles. The van der Waals surface area contributed by atoms with Crippen molar-refractivity contribution >= 4 is 29.7 Å². The SMILES string of the molecule is COc1ccc(OC)c(N2C(=O)NC(=O)[C@@H](C=NCC[NH+]3CC[NH2+]CC3)C2=O)c1. The Morgan fingerprint density at radius 2 is 2.00 bits per heavy atom. The summed E-state index contributed by atoms with van der Waals surface area (Å²) in [6, 6.07) is 3.93.